The average molecular weight is 189 g/mol. The minimum atomic E-state index is 0. The molecule has 0 aromatic rings. The molecule has 20 valence electrons. The smallest absolute Gasteiger partial charge is 0.512 e. The summed E-state index contributed by atoms with van der Waals surface area (Å²) in [7, 11) is 0. The molecule has 0 rings (SSSR count). The second-order valence-electron chi connectivity index (χ2n) is 0. The van der Waals surface area contributed by atoms with E-state index in [1.165, 1.54) is 0 Å². The van der Waals surface area contributed by atoms with E-state index < -0.39 is 0 Å². The summed E-state index contributed by atoms with van der Waals surface area (Å²) in [5, 5.41) is 12.5. The van der Waals surface area contributed by atoms with Crippen molar-refractivity contribution in [1.82, 2.24) is 0 Å². The van der Waals surface area contributed by atoms with Gasteiger partial charge in [-0.1, -0.05) is 0 Å². The first-order chi connectivity index (χ1) is 2.00. The van der Waals surface area contributed by atoms with Crippen LogP contribution in [0.2, 0.25) is 0 Å². The monoisotopic (exact) mass is 190 g/mol. The molecule has 3 heteroatoms. The molecule has 0 unspecified atom stereocenters. The van der Waals surface area contributed by atoms with Gasteiger partial charge >= 0.3 is 48.9 Å². The first kappa shape index (κ1) is 17.7. The Kier molecular flexibility index (Phi) is 667. The van der Waals surface area contributed by atoms with Crippen LogP contribution < -0.4 is 0 Å². The first-order valence-corrected chi connectivity index (χ1v) is 0.447. The normalized spacial score (nSPS) is 0.800. The van der Waals surface area contributed by atoms with Crippen molar-refractivity contribution in [3.8, 4) is 0 Å². The van der Waals surface area contributed by atoms with Crippen LogP contribution in [0.4, 0.5) is 0 Å². The molecule has 0 radical (unpaired) electrons. The molecule has 0 saturated heterocycles. The molecule has 0 N–H and O–H groups in total. The Morgan fingerprint density at radius 3 is 0.800 bits per heavy atom. The second kappa shape index (κ2) is 189. The van der Waals surface area contributed by atoms with Gasteiger partial charge in [-0.15, -0.1) is 0 Å². The van der Waals surface area contributed by atoms with Crippen molar-refractivity contribution in [2.75, 3.05) is 0 Å². The van der Waals surface area contributed by atoms with Crippen LogP contribution >= 0.6 is 0 Å². The molecule has 0 atom stereocenters. The number of hydrogen-bond donors (Lipinski definition) is 0. The van der Waals surface area contributed by atoms with Crippen molar-refractivity contribution >= 4 is 48.9 Å². The van der Waals surface area contributed by atoms with E-state index in [1.54, 1.807) is 0 Å². The van der Waals surface area contributed by atoms with E-state index in [0.29, 0.717) is 0 Å². The fourth-order valence-electron chi connectivity index (χ4n) is 0. The third kappa shape index (κ3) is 97.4. The van der Waals surface area contributed by atoms with Crippen molar-refractivity contribution in [3.05, 3.63) is 13.1 Å². The van der Waals surface area contributed by atoms with Crippen LogP contribution in [-0.4, -0.2) is 48.9 Å². The van der Waals surface area contributed by atoms with Crippen molar-refractivity contribution in [3.63, 3.8) is 0 Å². The zero-order valence-corrected chi connectivity index (χ0v) is 7.04. The Labute approximate surface area is 71.5 Å². The average Bonchev–Trinajstić information content (AvgIpc) is 1.50. The van der Waals surface area contributed by atoms with Gasteiger partial charge in [0, 0.05) is 0 Å². The molecular formula is C2BaN2. The van der Waals surface area contributed by atoms with Gasteiger partial charge in [0.15, 0.2) is 0 Å². The summed E-state index contributed by atoms with van der Waals surface area (Å²) in [6, 6.07) is 0. The Hall–Kier alpha value is 0.551. The largest absolute Gasteiger partial charge is 2.00 e. The van der Waals surface area contributed by atoms with Gasteiger partial charge in [-0.05, 0) is 0 Å². The van der Waals surface area contributed by atoms with E-state index in [-0.39, 0.29) is 48.9 Å². The van der Waals surface area contributed by atoms with Gasteiger partial charge in [0.25, 0.3) is 0 Å². The van der Waals surface area contributed by atoms with Gasteiger partial charge in [-0.2, -0.15) is 0 Å². The van der Waals surface area contributed by atoms with E-state index in [9.17, 15) is 0 Å². The quantitative estimate of drug-likeness (QED) is 0.392. The summed E-state index contributed by atoms with van der Waals surface area (Å²) >= 11 is 0. The predicted molar refractivity (Wildman–Crippen MR) is 15.7 cm³/mol. The number of hydrogen-bond acceptors (Lipinski definition) is 2. The third-order valence-corrected chi connectivity index (χ3v) is 0. The molecule has 0 bridgehead atoms. The Morgan fingerprint density at radius 2 is 0.800 bits per heavy atom. The van der Waals surface area contributed by atoms with Gasteiger partial charge in [-0.25, -0.2) is 0 Å². The number of nitrogens with zero attached hydrogens (tertiary/aromatic N) is 2. The molecule has 5 heavy (non-hydrogen) atoms. The minimum Gasteiger partial charge on any atom is -0.512 e. The maximum Gasteiger partial charge on any atom is 2.00 e. The van der Waals surface area contributed by atoms with Crippen molar-refractivity contribution in [2.45, 2.75) is 0 Å². The Bertz CT molecular complexity index is 23.1. The summed E-state index contributed by atoms with van der Waals surface area (Å²) in [6.07, 6.45) is 0. The second-order valence-corrected chi connectivity index (χ2v) is 0. The molecule has 0 aliphatic rings. The van der Waals surface area contributed by atoms with Gasteiger partial charge in [0.05, 0.1) is 0 Å². The van der Waals surface area contributed by atoms with Crippen molar-refractivity contribution < 1.29 is 0 Å². The molecule has 2 nitrogen and oxygen atoms in total. The van der Waals surface area contributed by atoms with Crippen LogP contribution in [-0.2, 0) is 0 Å². The van der Waals surface area contributed by atoms with Gasteiger partial charge in [0.1, 0.15) is 0 Å². The fraction of sp³-hybridized carbons (Fsp3) is 0. The topological polar surface area (TPSA) is 47.6 Å². The van der Waals surface area contributed by atoms with Crippen molar-refractivity contribution in [1.29, 1.82) is 10.5 Å². The van der Waals surface area contributed by atoms with E-state index in [2.05, 4.69) is 0 Å². The van der Waals surface area contributed by atoms with Crippen molar-refractivity contribution in [2.24, 2.45) is 0 Å². The van der Waals surface area contributed by atoms with Crippen LogP contribution in [0.25, 0.3) is 0 Å². The van der Waals surface area contributed by atoms with E-state index >= 15 is 0 Å². The maximum atomic E-state index is 6.25. The molecule has 0 amide bonds. The SMILES string of the molecule is [Ba+2].[C-]#N.[C-]#N. The summed E-state index contributed by atoms with van der Waals surface area (Å²) in [6.45, 7) is 9.50. The molecule has 0 aliphatic carbocycles. The first-order valence-electron chi connectivity index (χ1n) is 0.447. The third-order valence-electron chi connectivity index (χ3n) is 0. The van der Waals surface area contributed by atoms with Crippen LogP contribution in [0.1, 0.15) is 0 Å². The van der Waals surface area contributed by atoms with Gasteiger partial charge < -0.3 is 23.7 Å². The zero-order chi connectivity index (χ0) is 4.00. The van der Waals surface area contributed by atoms with Crippen LogP contribution in [0.5, 0.6) is 0 Å². The molecule has 0 spiro atoms. The van der Waals surface area contributed by atoms with Crippen LogP contribution in [0.3, 0.4) is 0 Å². The Morgan fingerprint density at radius 1 is 0.800 bits per heavy atom. The summed E-state index contributed by atoms with van der Waals surface area (Å²) < 4.78 is 0. The maximum absolute atomic E-state index is 6.25. The van der Waals surface area contributed by atoms with Crippen LogP contribution in [0.15, 0.2) is 0 Å². The summed E-state index contributed by atoms with van der Waals surface area (Å²) in [5.41, 5.74) is 0. The predicted octanol–water partition coefficient (Wildman–Crippen LogP) is -0.188. The number of rotatable bonds is 0. The molecule has 0 aromatic heterocycles. The van der Waals surface area contributed by atoms with E-state index in [0.717, 1.165) is 0 Å². The summed E-state index contributed by atoms with van der Waals surface area (Å²) in [4.78, 5) is 0. The molecule has 0 aliphatic heterocycles. The van der Waals surface area contributed by atoms with E-state index in [4.69, 9.17) is 23.7 Å². The molecular weight excluding hydrogens is 189 g/mol. The standard InChI is InChI=1S/2CN.Ba/c2*1-2;/q2*-1;+2. The Balaban J connectivity index is -0.0000000133. The fourth-order valence-corrected chi connectivity index (χ4v) is 0. The minimum absolute atomic E-state index is 0. The van der Waals surface area contributed by atoms with E-state index in [1.807, 2.05) is 0 Å². The molecule has 0 aromatic carbocycles. The zero-order valence-electron chi connectivity index (χ0n) is 2.60. The van der Waals surface area contributed by atoms with Crippen LogP contribution in [0, 0.1) is 23.7 Å². The molecule has 0 saturated carbocycles. The molecule has 0 fully saturated rings. The van der Waals surface area contributed by atoms with Gasteiger partial charge in [0.2, 0.25) is 0 Å². The summed E-state index contributed by atoms with van der Waals surface area (Å²) in [5.74, 6) is 0. The van der Waals surface area contributed by atoms with Gasteiger partial charge in [-0.3, -0.25) is 0 Å². The molecule has 0 heterocycles.